The number of rotatable bonds is 3. The zero-order valence-corrected chi connectivity index (χ0v) is 9.09. The lowest BCUT2D eigenvalue weighted by molar-refractivity contribution is 0.865. The van der Waals surface area contributed by atoms with Crippen LogP contribution in [0.1, 0.15) is 25.0 Å². The Bertz CT molecular complexity index is 274. The normalized spacial score (nSPS) is 10.2. The SMILES string of the molecule is CCN(CC)c1ccc(C)c(C)c1. The molecule has 0 saturated carbocycles. The van der Waals surface area contributed by atoms with Gasteiger partial charge in [0.1, 0.15) is 0 Å². The van der Waals surface area contributed by atoms with Crippen LogP contribution in [0.15, 0.2) is 18.2 Å². The molecule has 1 heteroatoms. The molecule has 1 rings (SSSR count). The molecule has 1 nitrogen and oxygen atoms in total. The monoisotopic (exact) mass is 177 g/mol. The second kappa shape index (κ2) is 4.31. The molecular formula is C12H19N. The fraction of sp³-hybridized carbons (Fsp3) is 0.500. The molecule has 72 valence electrons. The first kappa shape index (κ1) is 10.1. The van der Waals surface area contributed by atoms with Crippen molar-refractivity contribution in [3.8, 4) is 0 Å². The summed E-state index contributed by atoms with van der Waals surface area (Å²) >= 11 is 0. The van der Waals surface area contributed by atoms with Gasteiger partial charge in [0.15, 0.2) is 0 Å². The maximum absolute atomic E-state index is 2.37. The second-order valence-corrected chi connectivity index (χ2v) is 3.44. The predicted octanol–water partition coefficient (Wildman–Crippen LogP) is 3.15. The number of nitrogens with zero attached hydrogens (tertiary/aromatic N) is 1. The third-order valence-corrected chi connectivity index (χ3v) is 2.62. The molecule has 0 amide bonds. The van der Waals surface area contributed by atoms with E-state index in [0.29, 0.717) is 0 Å². The van der Waals surface area contributed by atoms with E-state index in [9.17, 15) is 0 Å². The molecule has 0 aliphatic heterocycles. The first-order valence-corrected chi connectivity index (χ1v) is 5.01. The Morgan fingerprint density at radius 3 is 2.08 bits per heavy atom. The van der Waals surface area contributed by atoms with Gasteiger partial charge in [0.05, 0.1) is 0 Å². The summed E-state index contributed by atoms with van der Waals surface area (Å²) in [6.45, 7) is 10.9. The molecule has 0 aliphatic carbocycles. The first-order chi connectivity index (χ1) is 6.19. The van der Waals surface area contributed by atoms with Gasteiger partial charge in [-0.3, -0.25) is 0 Å². The summed E-state index contributed by atoms with van der Waals surface area (Å²) in [4.78, 5) is 2.37. The van der Waals surface area contributed by atoms with E-state index in [1.165, 1.54) is 16.8 Å². The quantitative estimate of drug-likeness (QED) is 0.685. The van der Waals surface area contributed by atoms with E-state index in [1.54, 1.807) is 0 Å². The van der Waals surface area contributed by atoms with E-state index < -0.39 is 0 Å². The van der Waals surface area contributed by atoms with E-state index in [-0.39, 0.29) is 0 Å². The minimum Gasteiger partial charge on any atom is -0.372 e. The molecule has 0 atom stereocenters. The standard InChI is InChI=1S/C12H19N/c1-5-13(6-2)12-8-7-10(3)11(4)9-12/h7-9H,5-6H2,1-4H3. The van der Waals surface area contributed by atoms with Crippen molar-refractivity contribution in [1.29, 1.82) is 0 Å². The highest BCUT2D eigenvalue weighted by Gasteiger charge is 2.01. The summed E-state index contributed by atoms with van der Waals surface area (Å²) in [5.74, 6) is 0. The lowest BCUT2D eigenvalue weighted by Crippen LogP contribution is -2.21. The van der Waals surface area contributed by atoms with Crippen molar-refractivity contribution in [2.24, 2.45) is 0 Å². The number of hydrogen-bond acceptors (Lipinski definition) is 1. The minimum atomic E-state index is 1.08. The summed E-state index contributed by atoms with van der Waals surface area (Å²) < 4.78 is 0. The van der Waals surface area contributed by atoms with Crippen LogP contribution in [0.4, 0.5) is 5.69 Å². The van der Waals surface area contributed by atoms with Gasteiger partial charge in [-0.25, -0.2) is 0 Å². The molecule has 0 aliphatic rings. The lowest BCUT2D eigenvalue weighted by atomic mass is 10.1. The Hall–Kier alpha value is -0.980. The summed E-state index contributed by atoms with van der Waals surface area (Å²) in [6, 6.07) is 6.67. The van der Waals surface area contributed by atoms with Crippen LogP contribution in [-0.4, -0.2) is 13.1 Å². The van der Waals surface area contributed by atoms with Crippen LogP contribution in [-0.2, 0) is 0 Å². The van der Waals surface area contributed by atoms with Crippen LogP contribution in [0.2, 0.25) is 0 Å². The third kappa shape index (κ3) is 2.24. The molecule has 0 radical (unpaired) electrons. The van der Waals surface area contributed by atoms with E-state index >= 15 is 0 Å². The van der Waals surface area contributed by atoms with Gasteiger partial charge >= 0.3 is 0 Å². The largest absolute Gasteiger partial charge is 0.372 e. The summed E-state index contributed by atoms with van der Waals surface area (Å²) in [7, 11) is 0. The molecule has 0 N–H and O–H groups in total. The molecule has 0 heterocycles. The van der Waals surface area contributed by atoms with Gasteiger partial charge in [0.25, 0.3) is 0 Å². The van der Waals surface area contributed by atoms with Crippen molar-refractivity contribution < 1.29 is 0 Å². The molecular weight excluding hydrogens is 158 g/mol. The van der Waals surface area contributed by atoms with Crippen molar-refractivity contribution in [2.45, 2.75) is 27.7 Å². The number of aryl methyl sites for hydroxylation is 2. The Kier molecular flexibility index (Phi) is 3.35. The van der Waals surface area contributed by atoms with Crippen LogP contribution < -0.4 is 4.90 Å². The molecule has 1 aromatic rings. The Morgan fingerprint density at radius 1 is 1.00 bits per heavy atom. The van der Waals surface area contributed by atoms with E-state index in [0.717, 1.165) is 13.1 Å². The second-order valence-electron chi connectivity index (χ2n) is 3.44. The van der Waals surface area contributed by atoms with E-state index in [4.69, 9.17) is 0 Å². The predicted molar refractivity (Wildman–Crippen MR) is 59.5 cm³/mol. The molecule has 13 heavy (non-hydrogen) atoms. The van der Waals surface area contributed by atoms with Crippen LogP contribution in [0.25, 0.3) is 0 Å². The number of anilines is 1. The minimum absolute atomic E-state index is 1.08. The van der Waals surface area contributed by atoms with E-state index in [1.807, 2.05) is 0 Å². The smallest absolute Gasteiger partial charge is 0.0368 e. The van der Waals surface area contributed by atoms with Crippen molar-refractivity contribution in [1.82, 2.24) is 0 Å². The first-order valence-electron chi connectivity index (χ1n) is 5.01. The molecule has 0 aromatic heterocycles. The zero-order valence-electron chi connectivity index (χ0n) is 9.09. The molecule has 0 fully saturated rings. The van der Waals surface area contributed by atoms with Gasteiger partial charge in [-0.2, -0.15) is 0 Å². The number of hydrogen-bond donors (Lipinski definition) is 0. The van der Waals surface area contributed by atoms with Crippen molar-refractivity contribution in [3.63, 3.8) is 0 Å². The zero-order chi connectivity index (χ0) is 9.84. The summed E-state index contributed by atoms with van der Waals surface area (Å²) in [5, 5.41) is 0. The highest BCUT2D eigenvalue weighted by atomic mass is 15.1. The molecule has 0 bridgehead atoms. The van der Waals surface area contributed by atoms with Gasteiger partial charge in [-0.1, -0.05) is 6.07 Å². The molecule has 0 spiro atoms. The fourth-order valence-corrected chi connectivity index (χ4v) is 1.51. The van der Waals surface area contributed by atoms with Crippen molar-refractivity contribution in [3.05, 3.63) is 29.3 Å². The topological polar surface area (TPSA) is 3.24 Å². The highest BCUT2D eigenvalue weighted by molar-refractivity contribution is 5.50. The summed E-state index contributed by atoms with van der Waals surface area (Å²) in [5.41, 5.74) is 4.09. The maximum Gasteiger partial charge on any atom is 0.0368 e. The number of benzene rings is 1. The fourth-order valence-electron chi connectivity index (χ4n) is 1.51. The van der Waals surface area contributed by atoms with Gasteiger partial charge < -0.3 is 4.90 Å². The van der Waals surface area contributed by atoms with Crippen molar-refractivity contribution in [2.75, 3.05) is 18.0 Å². The van der Waals surface area contributed by atoms with Gasteiger partial charge in [0, 0.05) is 18.8 Å². The van der Waals surface area contributed by atoms with Gasteiger partial charge in [-0.05, 0) is 51.0 Å². The van der Waals surface area contributed by atoms with Crippen LogP contribution >= 0.6 is 0 Å². The average Bonchev–Trinajstić information content (AvgIpc) is 2.13. The summed E-state index contributed by atoms with van der Waals surface area (Å²) in [6.07, 6.45) is 0. The van der Waals surface area contributed by atoms with Crippen molar-refractivity contribution >= 4 is 5.69 Å². The molecule has 0 saturated heterocycles. The Labute approximate surface area is 81.4 Å². The average molecular weight is 177 g/mol. The van der Waals surface area contributed by atoms with Gasteiger partial charge in [0.2, 0.25) is 0 Å². The third-order valence-electron chi connectivity index (χ3n) is 2.62. The maximum atomic E-state index is 2.37. The lowest BCUT2D eigenvalue weighted by Gasteiger charge is -2.21. The Morgan fingerprint density at radius 2 is 1.62 bits per heavy atom. The van der Waals surface area contributed by atoms with Crippen LogP contribution in [0.5, 0.6) is 0 Å². The van der Waals surface area contributed by atoms with Gasteiger partial charge in [-0.15, -0.1) is 0 Å². The molecule has 1 aromatic carbocycles. The Balaban J connectivity index is 2.95. The van der Waals surface area contributed by atoms with E-state index in [2.05, 4.69) is 50.8 Å². The highest BCUT2D eigenvalue weighted by Crippen LogP contribution is 2.18. The van der Waals surface area contributed by atoms with Crippen LogP contribution in [0, 0.1) is 13.8 Å². The van der Waals surface area contributed by atoms with Crippen LogP contribution in [0.3, 0.4) is 0 Å². The molecule has 0 unspecified atom stereocenters.